The molecule has 1 aromatic carbocycles. The van der Waals surface area contributed by atoms with Gasteiger partial charge in [-0.15, -0.1) is 0 Å². The monoisotopic (exact) mass is 253 g/mol. The van der Waals surface area contributed by atoms with Crippen LogP contribution >= 0.6 is 0 Å². The van der Waals surface area contributed by atoms with Crippen LogP contribution in [0.15, 0.2) is 24.3 Å². The van der Waals surface area contributed by atoms with E-state index < -0.39 is 24.3 Å². The molecule has 17 heavy (non-hydrogen) atoms. The lowest BCUT2D eigenvalue weighted by Gasteiger charge is -2.17. The molecule has 7 heteroatoms. The molecule has 0 heterocycles. The molecule has 0 saturated carbocycles. The van der Waals surface area contributed by atoms with E-state index in [9.17, 15) is 17.6 Å². The van der Waals surface area contributed by atoms with Crippen LogP contribution in [0.2, 0.25) is 0 Å². The first-order chi connectivity index (χ1) is 7.86. The van der Waals surface area contributed by atoms with Crippen molar-refractivity contribution in [1.29, 1.82) is 0 Å². The van der Waals surface area contributed by atoms with Crippen LogP contribution in [0.25, 0.3) is 0 Å². The van der Waals surface area contributed by atoms with Crippen LogP contribution < -0.4 is 10.5 Å². The van der Waals surface area contributed by atoms with Crippen LogP contribution in [0, 0.1) is 0 Å². The van der Waals surface area contributed by atoms with Crippen molar-refractivity contribution in [2.45, 2.75) is 18.6 Å². The van der Waals surface area contributed by atoms with Crippen LogP contribution in [0.4, 0.5) is 17.6 Å². The van der Waals surface area contributed by atoms with Crippen molar-refractivity contribution in [2.75, 3.05) is 6.61 Å². The van der Waals surface area contributed by atoms with E-state index >= 15 is 0 Å². The fraction of sp³-hybridized carbons (Fsp3) is 0.400. The second-order valence-electron chi connectivity index (χ2n) is 3.32. The maximum atomic E-state index is 12.5. The molecule has 96 valence electrons. The maximum Gasteiger partial charge on any atom is 0.461 e. The molecule has 0 aliphatic rings. The molecule has 1 atom stereocenters. The highest BCUT2D eigenvalue weighted by molar-refractivity contribution is 5.29. The van der Waals surface area contributed by atoms with Gasteiger partial charge in [-0.2, -0.15) is 17.6 Å². The lowest BCUT2D eigenvalue weighted by molar-refractivity contribution is -0.253. The number of rotatable bonds is 5. The van der Waals surface area contributed by atoms with Crippen molar-refractivity contribution in [1.82, 2.24) is 0 Å². The van der Waals surface area contributed by atoms with Gasteiger partial charge in [0.25, 0.3) is 0 Å². The van der Waals surface area contributed by atoms with Crippen molar-refractivity contribution < 1.29 is 27.4 Å². The normalized spacial score (nSPS) is 13.8. The average Bonchev–Trinajstić information content (AvgIpc) is 2.28. The molecule has 0 fully saturated rings. The molecule has 0 aromatic heterocycles. The molecular weight excluding hydrogens is 242 g/mol. The summed E-state index contributed by atoms with van der Waals surface area (Å²) in [4.78, 5) is 0. The summed E-state index contributed by atoms with van der Waals surface area (Å²) in [6.07, 6.45) is -8.43. The van der Waals surface area contributed by atoms with Gasteiger partial charge < -0.3 is 15.6 Å². The Kier molecular flexibility index (Phi) is 4.30. The molecule has 0 aliphatic carbocycles. The van der Waals surface area contributed by atoms with E-state index in [2.05, 4.69) is 4.74 Å². The van der Waals surface area contributed by atoms with E-state index in [4.69, 9.17) is 10.8 Å². The molecule has 0 unspecified atom stereocenters. The van der Waals surface area contributed by atoms with Crippen LogP contribution in [0.3, 0.4) is 0 Å². The molecule has 1 rings (SSSR count). The quantitative estimate of drug-likeness (QED) is 0.788. The number of aliphatic hydroxyl groups is 1. The molecule has 0 aliphatic heterocycles. The summed E-state index contributed by atoms with van der Waals surface area (Å²) in [5.74, 6) is -0.399. The SMILES string of the molecule is N[C@H](CO)c1ccc(OC(F)(F)C(F)F)cc1. The Morgan fingerprint density at radius 2 is 1.76 bits per heavy atom. The number of ether oxygens (including phenoxy) is 1. The Bertz CT molecular complexity index is 356. The number of halogens is 4. The largest absolute Gasteiger partial charge is 0.461 e. The smallest absolute Gasteiger partial charge is 0.428 e. The lowest BCUT2D eigenvalue weighted by atomic mass is 10.1. The zero-order chi connectivity index (χ0) is 13.1. The van der Waals surface area contributed by atoms with Gasteiger partial charge in [0.2, 0.25) is 0 Å². The number of aliphatic hydroxyl groups excluding tert-OH is 1. The van der Waals surface area contributed by atoms with Crippen LogP contribution in [0.5, 0.6) is 5.75 Å². The minimum Gasteiger partial charge on any atom is -0.428 e. The molecule has 0 amide bonds. The van der Waals surface area contributed by atoms with Gasteiger partial charge in [-0.25, -0.2) is 0 Å². The topological polar surface area (TPSA) is 55.5 Å². The number of hydrogen-bond donors (Lipinski definition) is 2. The Morgan fingerprint density at radius 1 is 1.24 bits per heavy atom. The van der Waals surface area contributed by atoms with E-state index in [0.29, 0.717) is 5.56 Å². The molecular formula is C10H11F4NO2. The number of nitrogens with two attached hydrogens (primary N) is 1. The van der Waals surface area contributed by atoms with Gasteiger partial charge in [0, 0.05) is 0 Å². The van der Waals surface area contributed by atoms with Crippen LogP contribution in [-0.4, -0.2) is 24.2 Å². The van der Waals surface area contributed by atoms with E-state index in [0.717, 1.165) is 12.1 Å². The lowest BCUT2D eigenvalue weighted by Crippen LogP contribution is -2.33. The summed E-state index contributed by atoms with van der Waals surface area (Å²) in [5.41, 5.74) is 5.95. The molecule has 0 bridgehead atoms. The predicted octanol–water partition coefficient (Wildman–Crippen LogP) is 1.92. The number of benzene rings is 1. The van der Waals surface area contributed by atoms with Gasteiger partial charge >= 0.3 is 12.5 Å². The van der Waals surface area contributed by atoms with E-state index in [1.54, 1.807) is 0 Å². The summed E-state index contributed by atoms with van der Waals surface area (Å²) in [7, 11) is 0. The molecule has 0 radical (unpaired) electrons. The first-order valence-corrected chi connectivity index (χ1v) is 4.68. The summed E-state index contributed by atoms with van der Waals surface area (Å²) in [6, 6.07) is 4.15. The van der Waals surface area contributed by atoms with Gasteiger partial charge in [-0.05, 0) is 17.7 Å². The fourth-order valence-corrected chi connectivity index (χ4v) is 1.09. The van der Waals surface area contributed by atoms with Crippen LogP contribution in [0.1, 0.15) is 11.6 Å². The Morgan fingerprint density at radius 3 is 2.18 bits per heavy atom. The third-order valence-electron chi connectivity index (χ3n) is 2.01. The van der Waals surface area contributed by atoms with Gasteiger partial charge in [0.1, 0.15) is 5.75 Å². The van der Waals surface area contributed by atoms with Crippen molar-refractivity contribution in [3.05, 3.63) is 29.8 Å². The zero-order valence-corrected chi connectivity index (χ0v) is 8.62. The highest BCUT2D eigenvalue weighted by Gasteiger charge is 2.43. The van der Waals surface area contributed by atoms with Gasteiger partial charge in [-0.3, -0.25) is 0 Å². The van der Waals surface area contributed by atoms with Crippen molar-refractivity contribution in [2.24, 2.45) is 5.73 Å². The third-order valence-corrected chi connectivity index (χ3v) is 2.01. The number of hydrogen-bond acceptors (Lipinski definition) is 3. The predicted molar refractivity (Wildman–Crippen MR) is 52.0 cm³/mol. The van der Waals surface area contributed by atoms with E-state index in [1.165, 1.54) is 12.1 Å². The zero-order valence-electron chi connectivity index (χ0n) is 8.62. The van der Waals surface area contributed by atoms with E-state index in [-0.39, 0.29) is 6.61 Å². The second kappa shape index (κ2) is 5.33. The molecule has 3 N–H and O–H groups in total. The first-order valence-electron chi connectivity index (χ1n) is 4.68. The fourth-order valence-electron chi connectivity index (χ4n) is 1.09. The molecule has 3 nitrogen and oxygen atoms in total. The highest BCUT2D eigenvalue weighted by atomic mass is 19.3. The molecule has 0 spiro atoms. The van der Waals surface area contributed by atoms with Crippen molar-refractivity contribution in [3.63, 3.8) is 0 Å². The standard InChI is InChI=1S/C10H11F4NO2/c11-9(12)10(13,14)17-7-3-1-6(2-4-7)8(15)5-16/h1-4,8-9,16H,5,15H2/t8-/m1/s1. The van der Waals surface area contributed by atoms with Gasteiger partial charge in [0.15, 0.2) is 0 Å². The third kappa shape index (κ3) is 3.57. The van der Waals surface area contributed by atoms with Crippen molar-refractivity contribution >= 4 is 0 Å². The van der Waals surface area contributed by atoms with Gasteiger partial charge in [0.05, 0.1) is 12.6 Å². The number of alkyl halides is 4. The molecule has 0 saturated heterocycles. The average molecular weight is 253 g/mol. The van der Waals surface area contributed by atoms with Crippen LogP contribution in [-0.2, 0) is 0 Å². The Balaban J connectivity index is 2.75. The summed E-state index contributed by atoms with van der Waals surface area (Å²) in [5, 5.41) is 8.74. The summed E-state index contributed by atoms with van der Waals surface area (Å²) in [6.45, 7) is -0.312. The minimum atomic E-state index is -4.53. The second-order valence-corrected chi connectivity index (χ2v) is 3.32. The Hall–Kier alpha value is -1.34. The van der Waals surface area contributed by atoms with E-state index in [1.807, 2.05) is 0 Å². The first kappa shape index (κ1) is 13.7. The molecule has 1 aromatic rings. The summed E-state index contributed by atoms with van der Waals surface area (Å²) >= 11 is 0. The highest BCUT2D eigenvalue weighted by Crippen LogP contribution is 2.27. The van der Waals surface area contributed by atoms with Crippen molar-refractivity contribution in [3.8, 4) is 5.75 Å². The minimum absolute atomic E-state index is 0.312. The summed E-state index contributed by atoms with van der Waals surface area (Å²) < 4.78 is 52.6. The van der Waals surface area contributed by atoms with Gasteiger partial charge in [-0.1, -0.05) is 12.1 Å². The maximum absolute atomic E-state index is 12.5. The Labute approximate surface area is 94.8 Å².